The second-order valence-corrected chi connectivity index (χ2v) is 9.88. The van der Waals surface area contributed by atoms with Gasteiger partial charge >= 0.3 is 19.5 Å². The average molecular weight is 455 g/mol. The van der Waals surface area contributed by atoms with E-state index >= 15 is 0 Å². The van der Waals surface area contributed by atoms with Crippen LogP contribution in [-0.4, -0.2) is 29.2 Å². The minimum atomic E-state index is -3.59. The number of esters is 1. The summed E-state index contributed by atoms with van der Waals surface area (Å²) in [5, 5.41) is 13.7. The third kappa shape index (κ3) is 6.19. The molecule has 0 aliphatic rings. The highest BCUT2D eigenvalue weighted by Gasteiger charge is 2.31. The molecule has 3 aromatic carbocycles. The van der Waals surface area contributed by atoms with Crippen molar-refractivity contribution in [1.82, 2.24) is 5.09 Å². The first-order valence-electron chi connectivity index (χ1n) is 10.2. The number of carbonyl (C=O) groups excluding carboxylic acids is 1. The summed E-state index contributed by atoms with van der Waals surface area (Å²) in [6, 6.07) is 18.1. The number of hydrogen-bond donors (Lipinski definition) is 2. The number of carboxylic acid groups (broad SMARTS) is 1. The van der Waals surface area contributed by atoms with Crippen LogP contribution in [0.3, 0.4) is 0 Å². The van der Waals surface area contributed by atoms with Crippen molar-refractivity contribution in [3.05, 3.63) is 77.9 Å². The molecule has 32 heavy (non-hydrogen) atoms. The molecule has 0 aromatic heterocycles. The number of benzene rings is 3. The highest BCUT2D eigenvalue weighted by Crippen LogP contribution is 2.47. The van der Waals surface area contributed by atoms with Gasteiger partial charge in [-0.05, 0) is 61.4 Å². The predicted octanol–water partition coefficient (Wildman–Crippen LogP) is 5.24. The summed E-state index contributed by atoms with van der Waals surface area (Å²) in [5.74, 6) is -1.14. The van der Waals surface area contributed by atoms with Crippen LogP contribution in [0.25, 0.3) is 10.8 Å². The number of carbonyl (C=O) groups is 2. The SMILES string of the molecule is CC(C)OC(=O)[C@H](C)NP(=O)(Cc1ccc2ccc(C(=O)O)cc2c1)Oc1ccccc1. The normalized spacial score (nSPS) is 14.0. The van der Waals surface area contributed by atoms with Gasteiger partial charge in [0.15, 0.2) is 0 Å². The molecule has 1 unspecified atom stereocenters. The maximum absolute atomic E-state index is 13.8. The Morgan fingerprint density at radius 3 is 2.31 bits per heavy atom. The molecular formula is C24H26NO6P. The Labute approximate surface area is 186 Å². The number of fused-ring (bicyclic) bond motifs is 1. The maximum atomic E-state index is 13.8. The Hall–Kier alpha value is -3.15. The molecule has 0 spiro atoms. The van der Waals surface area contributed by atoms with Crippen LogP contribution in [0, 0.1) is 0 Å². The molecule has 8 heteroatoms. The van der Waals surface area contributed by atoms with Gasteiger partial charge in [0, 0.05) is 0 Å². The van der Waals surface area contributed by atoms with E-state index in [1.54, 1.807) is 63.2 Å². The van der Waals surface area contributed by atoms with Crippen LogP contribution in [-0.2, 0) is 20.3 Å². The van der Waals surface area contributed by atoms with E-state index < -0.39 is 25.5 Å². The lowest BCUT2D eigenvalue weighted by Gasteiger charge is -2.24. The summed E-state index contributed by atoms with van der Waals surface area (Å²) in [4.78, 5) is 23.6. The van der Waals surface area contributed by atoms with Gasteiger partial charge in [0.2, 0.25) is 0 Å². The van der Waals surface area contributed by atoms with Gasteiger partial charge in [-0.1, -0.05) is 42.5 Å². The molecule has 0 aliphatic carbocycles. The Morgan fingerprint density at radius 2 is 1.66 bits per heavy atom. The van der Waals surface area contributed by atoms with E-state index in [0.29, 0.717) is 16.7 Å². The number of ether oxygens (including phenoxy) is 1. The van der Waals surface area contributed by atoms with Gasteiger partial charge in [-0.25, -0.2) is 9.88 Å². The zero-order chi connectivity index (χ0) is 23.3. The number of para-hydroxylation sites is 1. The Morgan fingerprint density at radius 1 is 0.969 bits per heavy atom. The fourth-order valence-electron chi connectivity index (χ4n) is 3.21. The second kappa shape index (κ2) is 9.98. The van der Waals surface area contributed by atoms with E-state index in [0.717, 1.165) is 5.39 Å². The third-order valence-corrected chi connectivity index (χ3v) is 6.70. The van der Waals surface area contributed by atoms with Crippen molar-refractivity contribution in [2.24, 2.45) is 0 Å². The summed E-state index contributed by atoms with van der Waals surface area (Å²) < 4.78 is 24.9. The lowest BCUT2D eigenvalue weighted by atomic mass is 10.0. The summed E-state index contributed by atoms with van der Waals surface area (Å²) in [6.45, 7) is 5.06. The van der Waals surface area contributed by atoms with Crippen molar-refractivity contribution in [1.29, 1.82) is 0 Å². The topological polar surface area (TPSA) is 102 Å². The first kappa shape index (κ1) is 23.5. The van der Waals surface area contributed by atoms with Gasteiger partial charge in [-0.3, -0.25) is 9.36 Å². The standard InChI is InChI=1S/C24H26NO6P/c1-16(2)30-24(28)17(3)25-32(29,31-22-7-5-4-6-8-22)15-18-9-10-19-11-12-20(23(26)27)14-21(19)13-18/h4-14,16-17H,15H2,1-3H3,(H,25,29)(H,26,27)/t17-,32?/m0/s1. The molecule has 168 valence electrons. The smallest absolute Gasteiger partial charge is 0.335 e. The van der Waals surface area contributed by atoms with E-state index in [4.69, 9.17) is 9.26 Å². The number of carboxylic acids is 1. The van der Waals surface area contributed by atoms with Crippen molar-refractivity contribution in [3.63, 3.8) is 0 Å². The first-order valence-corrected chi connectivity index (χ1v) is 12.0. The van der Waals surface area contributed by atoms with Gasteiger partial charge in [-0.15, -0.1) is 0 Å². The highest BCUT2D eigenvalue weighted by molar-refractivity contribution is 7.56. The molecule has 0 saturated carbocycles. The molecule has 0 bridgehead atoms. The summed E-state index contributed by atoms with van der Waals surface area (Å²) in [6.07, 6.45) is -0.306. The lowest BCUT2D eigenvalue weighted by molar-refractivity contribution is -0.149. The Bertz CT molecular complexity index is 1160. The van der Waals surface area contributed by atoms with Crippen molar-refractivity contribution < 1.29 is 28.5 Å². The zero-order valence-corrected chi connectivity index (χ0v) is 19.0. The first-order chi connectivity index (χ1) is 15.1. The monoisotopic (exact) mass is 455 g/mol. The van der Waals surface area contributed by atoms with Crippen LogP contribution in [0.1, 0.15) is 36.7 Å². The number of nitrogens with one attached hydrogen (secondary N) is 1. The van der Waals surface area contributed by atoms with E-state index in [2.05, 4.69) is 5.09 Å². The molecule has 0 fully saturated rings. The van der Waals surface area contributed by atoms with Gasteiger partial charge in [-0.2, -0.15) is 0 Å². The highest BCUT2D eigenvalue weighted by atomic mass is 31.2. The molecule has 7 nitrogen and oxygen atoms in total. The molecule has 2 N–H and O–H groups in total. The van der Waals surface area contributed by atoms with E-state index in [1.807, 2.05) is 18.2 Å². The lowest BCUT2D eigenvalue weighted by Crippen LogP contribution is -2.36. The van der Waals surface area contributed by atoms with Gasteiger partial charge < -0.3 is 14.4 Å². The van der Waals surface area contributed by atoms with Gasteiger partial charge in [0.25, 0.3) is 0 Å². The minimum absolute atomic E-state index is 0.00552. The van der Waals surface area contributed by atoms with Gasteiger partial charge in [0.05, 0.1) is 17.8 Å². The third-order valence-electron chi connectivity index (χ3n) is 4.63. The molecule has 2 atom stereocenters. The molecule has 0 saturated heterocycles. The quantitative estimate of drug-likeness (QED) is 0.336. The predicted molar refractivity (Wildman–Crippen MR) is 123 cm³/mol. The fraction of sp³-hybridized carbons (Fsp3) is 0.250. The molecule has 0 aliphatic heterocycles. The second-order valence-electron chi connectivity index (χ2n) is 7.77. The fourth-order valence-corrected chi connectivity index (χ4v) is 5.25. The van der Waals surface area contributed by atoms with Crippen LogP contribution in [0.15, 0.2) is 66.7 Å². The van der Waals surface area contributed by atoms with Crippen LogP contribution >= 0.6 is 7.52 Å². The Balaban J connectivity index is 1.91. The molecular weight excluding hydrogens is 429 g/mol. The Kier molecular flexibility index (Phi) is 7.33. The van der Waals surface area contributed by atoms with Crippen molar-refractivity contribution in [2.45, 2.75) is 39.1 Å². The van der Waals surface area contributed by atoms with Crippen molar-refractivity contribution in [2.75, 3.05) is 0 Å². The zero-order valence-electron chi connectivity index (χ0n) is 18.1. The van der Waals surface area contributed by atoms with E-state index in [-0.39, 0.29) is 17.8 Å². The van der Waals surface area contributed by atoms with Crippen molar-refractivity contribution in [3.8, 4) is 5.75 Å². The number of aromatic carboxylic acids is 1. The van der Waals surface area contributed by atoms with Crippen LogP contribution < -0.4 is 9.61 Å². The van der Waals surface area contributed by atoms with E-state index in [9.17, 15) is 19.3 Å². The number of hydrogen-bond acceptors (Lipinski definition) is 5. The molecule has 3 rings (SSSR count). The summed E-state index contributed by atoms with van der Waals surface area (Å²) in [5.41, 5.74) is 0.845. The number of rotatable bonds is 9. The van der Waals surface area contributed by atoms with Crippen LogP contribution in [0.5, 0.6) is 5.75 Å². The summed E-state index contributed by atoms with van der Waals surface area (Å²) in [7, 11) is -3.59. The molecule has 0 radical (unpaired) electrons. The molecule has 0 heterocycles. The van der Waals surface area contributed by atoms with Crippen LogP contribution in [0.2, 0.25) is 0 Å². The van der Waals surface area contributed by atoms with Crippen molar-refractivity contribution >= 4 is 30.2 Å². The minimum Gasteiger partial charge on any atom is -0.478 e. The van der Waals surface area contributed by atoms with Crippen LogP contribution in [0.4, 0.5) is 0 Å². The molecule has 3 aromatic rings. The van der Waals surface area contributed by atoms with Gasteiger partial charge in [0.1, 0.15) is 11.8 Å². The average Bonchev–Trinajstić information content (AvgIpc) is 2.73. The largest absolute Gasteiger partial charge is 0.478 e. The summed E-state index contributed by atoms with van der Waals surface area (Å²) >= 11 is 0. The van der Waals surface area contributed by atoms with E-state index in [1.165, 1.54) is 6.07 Å². The molecule has 0 amide bonds. The maximum Gasteiger partial charge on any atom is 0.335 e.